The number of phenolic OH excluding ortho intramolecular Hbond substituents is 2. The number of aryl methyl sites for hydroxylation is 6. The van der Waals surface area contributed by atoms with Gasteiger partial charge >= 0.3 is 16.5 Å². The van der Waals surface area contributed by atoms with E-state index in [1.54, 1.807) is 13.8 Å². The number of aliphatic imine (C=N–C) groups is 2. The maximum absolute atomic E-state index is 10.6. The second kappa shape index (κ2) is 25.2. The van der Waals surface area contributed by atoms with Gasteiger partial charge in [-0.05, 0) is 136 Å². The molecule has 0 heterocycles. The molecule has 0 aliphatic carbocycles. The summed E-state index contributed by atoms with van der Waals surface area (Å²) in [6.07, 6.45) is 10.2. The van der Waals surface area contributed by atoms with Crippen LogP contribution in [-0.2, 0) is 29.3 Å². The van der Waals surface area contributed by atoms with Crippen molar-refractivity contribution in [3.8, 4) is 23.0 Å². The third kappa shape index (κ3) is 15.4. The summed E-state index contributed by atoms with van der Waals surface area (Å²) >= 11 is 0. The number of carbonyl (C=O) groups is 2. The smallest absolute Gasteiger partial charge is 0.545 e. The van der Waals surface area contributed by atoms with Crippen molar-refractivity contribution in [2.75, 3.05) is 0 Å². The Hall–Kier alpha value is -5.15. The van der Waals surface area contributed by atoms with Gasteiger partial charge in [-0.2, -0.15) is 0 Å². The van der Waals surface area contributed by atoms with Crippen LogP contribution in [0.25, 0.3) is 0 Å². The number of rotatable bonds is 15. The second-order valence-corrected chi connectivity index (χ2v) is 13.8. The van der Waals surface area contributed by atoms with Gasteiger partial charge in [-0.25, -0.2) is 0 Å². The fraction of sp³-hybridized carbons (Fsp3) is 0.391. The largest absolute Gasteiger partial charge is 2.00 e. The molecule has 0 spiro atoms. The first-order valence-electron chi connectivity index (χ1n) is 19.4. The number of phenols is 4. The minimum absolute atomic E-state index is 0. The van der Waals surface area contributed by atoms with Crippen molar-refractivity contribution >= 4 is 34.7 Å². The van der Waals surface area contributed by atoms with Crippen molar-refractivity contribution < 1.29 is 56.7 Å². The second-order valence-electron chi connectivity index (χ2n) is 13.8. The van der Waals surface area contributed by atoms with Crippen LogP contribution in [0.2, 0.25) is 0 Å². The summed E-state index contributed by atoms with van der Waals surface area (Å²) in [5.74, 6) is -5.11. The Morgan fingerprint density at radius 1 is 0.526 bits per heavy atom. The Balaban J connectivity index is 0.000000496. The number of unbranched alkanes of at least 4 members (excludes halogenated alkanes) is 4. The van der Waals surface area contributed by atoms with Crippen LogP contribution < -0.4 is 10.2 Å². The van der Waals surface area contributed by atoms with Crippen LogP contribution in [0.4, 0.5) is 11.4 Å². The Bertz CT molecular complexity index is 1940. The zero-order chi connectivity index (χ0) is 41.9. The Morgan fingerprint density at radius 3 is 1.25 bits per heavy atom. The van der Waals surface area contributed by atoms with Crippen LogP contribution in [0, 0.1) is 27.7 Å². The standard InChI is InChI=1S/C28H40N2.2C9H10O4.Ni/c1-7-9-11-12-14-28(30-26-18-16-22(4)24(6)20-26)27(13-10-8-2)29-25-17-15-21(3)23(5)19-25;2*1-2-5-3-4-6(10)8(11)7(5)9(12)13;/h15-20H,7-14H2,1-6H3;2*3-4,10-11H,2H2,1H3,(H,12,13);/q;;;+2/p-2. The average Bonchev–Trinajstić information content (AvgIpc) is 3.16. The topological polar surface area (TPSA) is 186 Å². The van der Waals surface area contributed by atoms with Crippen molar-refractivity contribution in [3.63, 3.8) is 0 Å². The molecular weight excluding hydrogens is 767 g/mol. The molecule has 11 heteroatoms. The number of hydrogen-bond donors (Lipinski definition) is 4. The van der Waals surface area contributed by atoms with Gasteiger partial charge in [0.25, 0.3) is 0 Å². The molecular formula is C46H58N2NiO8. The van der Waals surface area contributed by atoms with Crippen molar-refractivity contribution in [2.45, 2.75) is 120 Å². The number of carboxylic acid groups (broad SMARTS) is 2. The van der Waals surface area contributed by atoms with E-state index >= 15 is 0 Å². The molecule has 4 aromatic carbocycles. The molecule has 310 valence electrons. The monoisotopic (exact) mass is 824 g/mol. The molecule has 0 unspecified atom stereocenters. The molecule has 0 aliphatic rings. The number of nitrogens with zero attached hydrogens (tertiary/aromatic N) is 2. The Morgan fingerprint density at radius 2 is 0.912 bits per heavy atom. The average molecular weight is 826 g/mol. The fourth-order valence-electron chi connectivity index (χ4n) is 5.78. The molecule has 0 fully saturated rings. The number of carbonyl (C=O) groups excluding carboxylic acids is 2. The van der Waals surface area contributed by atoms with Crippen molar-refractivity contribution in [2.24, 2.45) is 9.98 Å². The molecule has 57 heavy (non-hydrogen) atoms. The quantitative estimate of drug-likeness (QED) is 0.0396. The maximum atomic E-state index is 10.6. The number of aromatic carboxylic acids is 2. The molecule has 4 N–H and O–H groups in total. The van der Waals surface area contributed by atoms with E-state index in [4.69, 9.17) is 20.2 Å². The van der Waals surface area contributed by atoms with Gasteiger partial charge in [-0.15, -0.1) is 0 Å². The van der Waals surface area contributed by atoms with E-state index in [1.165, 1.54) is 84.3 Å². The molecule has 0 radical (unpaired) electrons. The van der Waals surface area contributed by atoms with Gasteiger partial charge in [0.05, 0.1) is 34.7 Å². The molecule has 0 bridgehead atoms. The van der Waals surface area contributed by atoms with E-state index < -0.39 is 34.9 Å². The Kier molecular flexibility index (Phi) is 22.0. The van der Waals surface area contributed by atoms with E-state index in [9.17, 15) is 30.0 Å². The number of carboxylic acids is 2. The zero-order valence-electron chi connectivity index (χ0n) is 34.5. The van der Waals surface area contributed by atoms with Gasteiger partial charge in [-0.3, -0.25) is 9.98 Å². The first-order chi connectivity index (χ1) is 26.6. The molecule has 0 saturated heterocycles. The fourth-order valence-corrected chi connectivity index (χ4v) is 5.78. The number of benzene rings is 4. The van der Waals surface area contributed by atoms with Crippen molar-refractivity contribution in [1.82, 2.24) is 0 Å². The van der Waals surface area contributed by atoms with Gasteiger partial charge < -0.3 is 40.2 Å². The van der Waals surface area contributed by atoms with E-state index in [1.807, 2.05) is 0 Å². The Labute approximate surface area is 348 Å². The van der Waals surface area contributed by atoms with Crippen LogP contribution in [0.3, 0.4) is 0 Å². The predicted molar refractivity (Wildman–Crippen MR) is 221 cm³/mol. The van der Waals surface area contributed by atoms with Crippen LogP contribution in [-0.4, -0.2) is 43.8 Å². The molecule has 0 amide bonds. The summed E-state index contributed by atoms with van der Waals surface area (Å²) < 4.78 is 0. The maximum Gasteiger partial charge on any atom is 2.00 e. The molecule has 4 rings (SSSR count). The van der Waals surface area contributed by atoms with Crippen molar-refractivity contribution in [1.29, 1.82) is 0 Å². The van der Waals surface area contributed by atoms with Crippen LogP contribution >= 0.6 is 0 Å². The third-order valence-corrected chi connectivity index (χ3v) is 9.53. The van der Waals surface area contributed by atoms with Gasteiger partial charge in [-0.1, -0.05) is 77.6 Å². The summed E-state index contributed by atoms with van der Waals surface area (Å²) in [5.41, 5.74) is 9.86. The van der Waals surface area contributed by atoms with E-state index in [0.717, 1.165) is 36.3 Å². The first kappa shape index (κ1) is 49.9. The van der Waals surface area contributed by atoms with E-state index in [0.29, 0.717) is 24.0 Å². The first-order valence-corrected chi connectivity index (χ1v) is 19.4. The summed E-state index contributed by atoms with van der Waals surface area (Å²) in [6.45, 7) is 16.6. The summed E-state index contributed by atoms with van der Waals surface area (Å²) in [5, 5.41) is 57.6. The summed E-state index contributed by atoms with van der Waals surface area (Å²) in [6, 6.07) is 18.4. The van der Waals surface area contributed by atoms with Gasteiger partial charge in [0.1, 0.15) is 0 Å². The molecule has 0 aromatic heterocycles. The minimum Gasteiger partial charge on any atom is -0.545 e. The van der Waals surface area contributed by atoms with E-state index in [2.05, 4.69) is 77.9 Å². The number of hydrogen-bond acceptors (Lipinski definition) is 10. The van der Waals surface area contributed by atoms with Gasteiger partial charge in [0.2, 0.25) is 0 Å². The predicted octanol–water partition coefficient (Wildman–Crippen LogP) is 8.97. The minimum atomic E-state index is -1.48. The zero-order valence-corrected chi connectivity index (χ0v) is 35.5. The number of aromatic hydroxyl groups is 4. The third-order valence-electron chi connectivity index (χ3n) is 9.53. The van der Waals surface area contributed by atoms with E-state index in [-0.39, 0.29) is 27.6 Å². The SMILES string of the molecule is CCCCCCC(=Nc1ccc(C)c(C)c1)C(CCCC)=Nc1ccc(C)c(C)c1.CCc1ccc(O)c(O)c1C(=O)[O-].CCc1ccc(O)c(O)c1C(=O)[O-].[Ni+2]. The van der Waals surface area contributed by atoms with Crippen LogP contribution in [0.5, 0.6) is 23.0 Å². The molecule has 0 aliphatic heterocycles. The summed E-state index contributed by atoms with van der Waals surface area (Å²) in [4.78, 5) is 31.4. The molecule has 0 saturated carbocycles. The molecule has 10 nitrogen and oxygen atoms in total. The van der Waals surface area contributed by atoms with Crippen LogP contribution in [0.1, 0.15) is 133 Å². The normalized spacial score (nSPS) is 11.1. The molecule has 4 aromatic rings. The molecule has 0 atom stereocenters. The summed E-state index contributed by atoms with van der Waals surface area (Å²) in [7, 11) is 0. The van der Waals surface area contributed by atoms with Gasteiger partial charge in [0, 0.05) is 11.1 Å². The van der Waals surface area contributed by atoms with Crippen molar-refractivity contribution in [3.05, 3.63) is 105 Å². The van der Waals surface area contributed by atoms with Crippen LogP contribution in [0.15, 0.2) is 70.6 Å². The van der Waals surface area contributed by atoms with Gasteiger partial charge in [0.15, 0.2) is 23.0 Å².